The molecule has 2 heteroatoms. The van der Waals surface area contributed by atoms with E-state index in [1.165, 1.54) is 16.0 Å². The lowest BCUT2D eigenvalue weighted by molar-refractivity contribution is -0.118. The maximum atomic E-state index is 11.0. The average molecular weight is 231 g/mol. The first-order valence-corrected chi connectivity index (χ1v) is 6.20. The number of carbonyl (C=O) groups excluding carboxylic acids is 1. The van der Waals surface area contributed by atoms with Crippen LogP contribution < -0.4 is 15.8 Å². The van der Waals surface area contributed by atoms with E-state index in [2.05, 4.69) is 43.4 Å². The van der Waals surface area contributed by atoms with Gasteiger partial charge >= 0.3 is 0 Å². The Balaban J connectivity index is 3.24. The van der Waals surface area contributed by atoms with Gasteiger partial charge < -0.3 is 5.32 Å². The van der Waals surface area contributed by atoms with Gasteiger partial charge in [0.15, 0.2) is 0 Å². The Kier molecular flexibility index (Phi) is 5.47. The van der Waals surface area contributed by atoms with Crippen LogP contribution in [-0.4, -0.2) is 12.5 Å². The Morgan fingerprint density at radius 1 is 1.29 bits per heavy atom. The van der Waals surface area contributed by atoms with E-state index in [0.29, 0.717) is 6.54 Å². The first kappa shape index (κ1) is 13.5. The Labute approximate surface area is 103 Å². The van der Waals surface area contributed by atoms with Gasteiger partial charge in [0, 0.05) is 13.5 Å². The zero-order chi connectivity index (χ0) is 12.7. The summed E-state index contributed by atoms with van der Waals surface area (Å²) < 4.78 is 0. The molecule has 2 nitrogen and oxygen atoms in total. The van der Waals surface area contributed by atoms with Gasteiger partial charge in [0.1, 0.15) is 0 Å². The summed E-state index contributed by atoms with van der Waals surface area (Å²) in [6, 6.07) is 8.35. The van der Waals surface area contributed by atoms with Crippen LogP contribution in [-0.2, 0) is 4.79 Å². The van der Waals surface area contributed by atoms with Crippen molar-refractivity contribution in [3.63, 3.8) is 0 Å². The third-order valence-corrected chi connectivity index (χ3v) is 2.74. The van der Waals surface area contributed by atoms with Crippen molar-refractivity contribution in [2.24, 2.45) is 0 Å². The van der Waals surface area contributed by atoms with E-state index in [1.54, 1.807) is 6.92 Å². The molecule has 92 valence electrons. The maximum absolute atomic E-state index is 11.0. The molecule has 0 unspecified atom stereocenters. The topological polar surface area (TPSA) is 29.1 Å². The van der Waals surface area contributed by atoms with Gasteiger partial charge in [0.2, 0.25) is 5.91 Å². The van der Waals surface area contributed by atoms with Crippen LogP contribution in [0.25, 0.3) is 11.6 Å². The second-order valence-corrected chi connectivity index (χ2v) is 4.07. The lowest BCUT2D eigenvalue weighted by atomic mass is 10.1. The van der Waals surface area contributed by atoms with Crippen LogP contribution >= 0.6 is 0 Å². The van der Waals surface area contributed by atoms with Crippen LogP contribution in [0, 0.1) is 0 Å². The molecule has 0 heterocycles. The Morgan fingerprint density at radius 2 is 2.00 bits per heavy atom. The average Bonchev–Trinajstić information content (AvgIpc) is 2.32. The molecule has 0 radical (unpaired) electrons. The van der Waals surface area contributed by atoms with Gasteiger partial charge in [-0.25, -0.2) is 0 Å². The predicted molar refractivity (Wildman–Crippen MR) is 72.8 cm³/mol. The van der Waals surface area contributed by atoms with Crippen molar-refractivity contribution in [3.8, 4) is 0 Å². The molecule has 1 aromatic carbocycles. The number of amides is 1. The van der Waals surface area contributed by atoms with Crippen LogP contribution in [0.2, 0.25) is 0 Å². The van der Waals surface area contributed by atoms with Gasteiger partial charge in [0.05, 0.1) is 0 Å². The smallest absolute Gasteiger partial charge is 0.217 e. The summed E-state index contributed by atoms with van der Waals surface area (Å²) in [6.07, 6.45) is 4.20. The van der Waals surface area contributed by atoms with Crippen molar-refractivity contribution in [2.45, 2.75) is 33.6 Å². The molecule has 1 amide bonds. The van der Waals surface area contributed by atoms with Crippen LogP contribution in [0.4, 0.5) is 0 Å². The van der Waals surface area contributed by atoms with E-state index in [1.807, 2.05) is 6.07 Å². The van der Waals surface area contributed by atoms with Crippen LogP contribution in [0.3, 0.4) is 0 Å². The highest BCUT2D eigenvalue weighted by atomic mass is 16.1. The Bertz CT molecular complexity index is 488. The molecule has 0 atom stereocenters. The molecule has 0 aliphatic heterocycles. The third kappa shape index (κ3) is 4.06. The van der Waals surface area contributed by atoms with E-state index in [9.17, 15) is 4.79 Å². The standard InChI is InChI=1S/C15H21NO/c1-4-8-14-9-6-7-10-15(14)13(5-2)11-16-12(3)17/h6-10H,4-5,11H2,1-3H3,(H,16,17)/b14-8-,15-13+. The Morgan fingerprint density at radius 3 is 2.59 bits per heavy atom. The number of hydrogen-bond donors (Lipinski definition) is 1. The molecule has 0 saturated carbocycles. The van der Waals surface area contributed by atoms with Gasteiger partial charge in [0.25, 0.3) is 0 Å². The minimum absolute atomic E-state index is 0.0212. The molecule has 0 bridgehead atoms. The summed E-state index contributed by atoms with van der Waals surface area (Å²) in [7, 11) is 0. The SMILES string of the molecule is CC/C=c1/cccc/c1=C(/CC)CNC(C)=O. The van der Waals surface area contributed by atoms with Crippen molar-refractivity contribution >= 4 is 17.6 Å². The highest BCUT2D eigenvalue weighted by molar-refractivity contribution is 5.74. The Hall–Kier alpha value is -1.57. The molecule has 1 rings (SSSR count). The molecular weight excluding hydrogens is 210 g/mol. The molecule has 0 saturated heterocycles. The monoisotopic (exact) mass is 231 g/mol. The molecule has 0 aromatic heterocycles. The number of nitrogens with one attached hydrogen (secondary N) is 1. The highest BCUT2D eigenvalue weighted by Crippen LogP contribution is 1.96. The van der Waals surface area contributed by atoms with Gasteiger partial charge in [-0.2, -0.15) is 0 Å². The number of benzene rings is 1. The quantitative estimate of drug-likeness (QED) is 0.837. The molecule has 0 spiro atoms. The van der Waals surface area contributed by atoms with Crippen molar-refractivity contribution in [1.29, 1.82) is 0 Å². The summed E-state index contributed by atoms with van der Waals surface area (Å²) in [5.41, 5.74) is 1.28. The summed E-state index contributed by atoms with van der Waals surface area (Å²) in [5, 5.41) is 5.39. The second-order valence-electron chi connectivity index (χ2n) is 4.07. The van der Waals surface area contributed by atoms with Crippen LogP contribution in [0.1, 0.15) is 33.6 Å². The molecular formula is C15H21NO. The van der Waals surface area contributed by atoms with Crippen LogP contribution in [0.5, 0.6) is 0 Å². The van der Waals surface area contributed by atoms with E-state index < -0.39 is 0 Å². The van der Waals surface area contributed by atoms with Crippen molar-refractivity contribution < 1.29 is 4.79 Å². The van der Waals surface area contributed by atoms with E-state index in [4.69, 9.17) is 0 Å². The maximum Gasteiger partial charge on any atom is 0.217 e. The molecule has 0 aliphatic rings. The van der Waals surface area contributed by atoms with E-state index in [0.717, 1.165) is 12.8 Å². The van der Waals surface area contributed by atoms with E-state index in [-0.39, 0.29) is 5.91 Å². The molecule has 1 N–H and O–H groups in total. The number of hydrogen-bond acceptors (Lipinski definition) is 1. The summed E-state index contributed by atoms with van der Waals surface area (Å²) in [6.45, 7) is 6.45. The lowest BCUT2D eigenvalue weighted by Crippen LogP contribution is -2.31. The fraction of sp³-hybridized carbons (Fsp3) is 0.400. The molecule has 0 fully saturated rings. The predicted octanol–water partition coefficient (Wildman–Crippen LogP) is 1.57. The molecule has 1 aromatic rings. The van der Waals surface area contributed by atoms with Gasteiger partial charge in [-0.05, 0) is 28.9 Å². The summed E-state index contributed by atoms with van der Waals surface area (Å²) in [5.74, 6) is 0.0212. The van der Waals surface area contributed by atoms with E-state index >= 15 is 0 Å². The van der Waals surface area contributed by atoms with Crippen molar-refractivity contribution in [1.82, 2.24) is 5.32 Å². The third-order valence-electron chi connectivity index (χ3n) is 2.74. The summed E-state index contributed by atoms with van der Waals surface area (Å²) in [4.78, 5) is 11.0. The first-order valence-electron chi connectivity index (χ1n) is 6.20. The fourth-order valence-corrected chi connectivity index (χ4v) is 1.86. The van der Waals surface area contributed by atoms with Crippen molar-refractivity contribution in [3.05, 3.63) is 34.7 Å². The van der Waals surface area contributed by atoms with Gasteiger partial charge in [-0.15, -0.1) is 0 Å². The first-order chi connectivity index (χ1) is 8.19. The summed E-state index contributed by atoms with van der Waals surface area (Å²) >= 11 is 0. The van der Waals surface area contributed by atoms with Gasteiger partial charge in [-0.1, -0.05) is 44.2 Å². The number of carbonyl (C=O) groups is 1. The largest absolute Gasteiger partial charge is 0.353 e. The van der Waals surface area contributed by atoms with Gasteiger partial charge in [-0.3, -0.25) is 4.79 Å². The molecule has 17 heavy (non-hydrogen) atoms. The zero-order valence-corrected chi connectivity index (χ0v) is 10.9. The van der Waals surface area contributed by atoms with Crippen molar-refractivity contribution in [2.75, 3.05) is 6.54 Å². The normalized spacial score (nSPS) is 13.5. The molecule has 0 aliphatic carbocycles. The fourth-order valence-electron chi connectivity index (χ4n) is 1.86. The second kappa shape index (κ2) is 6.89. The minimum Gasteiger partial charge on any atom is -0.353 e. The zero-order valence-electron chi connectivity index (χ0n) is 10.9. The highest BCUT2D eigenvalue weighted by Gasteiger charge is 1.98. The minimum atomic E-state index is 0.0212. The van der Waals surface area contributed by atoms with Crippen LogP contribution in [0.15, 0.2) is 24.3 Å². The number of rotatable bonds is 4. The lowest BCUT2D eigenvalue weighted by Gasteiger charge is -2.06.